The average molecular weight is 448 g/mol. The number of nitrogens with one attached hydrogen (secondary N) is 1. The lowest BCUT2D eigenvalue weighted by molar-refractivity contribution is -0.150. The molecule has 0 bridgehead atoms. The van der Waals surface area contributed by atoms with Crippen LogP contribution in [0.4, 0.5) is 0 Å². The lowest BCUT2D eigenvalue weighted by Gasteiger charge is -2.29. The molecule has 8 heteroatoms. The van der Waals surface area contributed by atoms with E-state index in [1.54, 1.807) is 16.7 Å². The number of amides is 1. The first kappa shape index (κ1) is 28.3. The molecule has 4 atom stereocenters. The molecule has 0 aliphatic heterocycles. The van der Waals surface area contributed by atoms with Crippen molar-refractivity contribution in [2.75, 3.05) is 30.9 Å². The van der Waals surface area contributed by atoms with Crippen molar-refractivity contribution < 1.29 is 14.7 Å². The lowest BCUT2D eigenvalue weighted by Crippen LogP contribution is -2.46. The van der Waals surface area contributed by atoms with Crippen molar-refractivity contribution in [3.63, 3.8) is 0 Å². The van der Waals surface area contributed by atoms with E-state index in [0.29, 0.717) is 36.9 Å². The molecular weight excluding hydrogens is 406 g/mol. The van der Waals surface area contributed by atoms with Crippen LogP contribution in [0.2, 0.25) is 0 Å². The Balaban J connectivity index is 5.11. The Kier molecular flexibility index (Phi) is 16.6. The van der Waals surface area contributed by atoms with Gasteiger partial charge in [-0.25, -0.2) is 4.79 Å². The Labute approximate surface area is 186 Å². The molecule has 29 heavy (non-hydrogen) atoms. The van der Waals surface area contributed by atoms with Crippen LogP contribution in [0.15, 0.2) is 12.2 Å². The number of aliphatic carboxylic acids is 1. The van der Waals surface area contributed by atoms with Crippen LogP contribution in [0, 0.1) is 5.92 Å². The molecule has 0 aromatic rings. The minimum absolute atomic E-state index is 0.0165. The smallest absolute Gasteiger partial charge is 0.326 e. The summed E-state index contributed by atoms with van der Waals surface area (Å²) in [5.41, 5.74) is 5.95. The van der Waals surface area contributed by atoms with Crippen LogP contribution in [-0.2, 0) is 9.59 Å². The third-order valence-corrected chi connectivity index (χ3v) is 6.19. The number of carboxylic acid groups (broad SMARTS) is 1. The van der Waals surface area contributed by atoms with E-state index in [-0.39, 0.29) is 24.4 Å². The Morgan fingerprint density at radius 1 is 1.34 bits per heavy atom. The van der Waals surface area contributed by atoms with Gasteiger partial charge < -0.3 is 21.1 Å². The summed E-state index contributed by atoms with van der Waals surface area (Å²) in [6.45, 7) is 7.48. The van der Waals surface area contributed by atoms with Crippen LogP contribution >= 0.6 is 24.4 Å². The monoisotopic (exact) mass is 447 g/mol. The molecule has 0 unspecified atom stereocenters. The van der Waals surface area contributed by atoms with Gasteiger partial charge in [-0.2, -0.15) is 24.4 Å². The van der Waals surface area contributed by atoms with Crippen LogP contribution in [0.25, 0.3) is 0 Å². The first-order chi connectivity index (χ1) is 13.8. The van der Waals surface area contributed by atoms with Crippen molar-refractivity contribution >= 4 is 36.3 Å². The fraction of sp³-hybridized carbons (Fsp3) is 0.810. The normalized spacial score (nSPS) is 15.8. The van der Waals surface area contributed by atoms with Crippen LogP contribution in [0.3, 0.4) is 0 Å². The topological polar surface area (TPSA) is 95.7 Å². The minimum Gasteiger partial charge on any atom is -0.480 e. The maximum atomic E-state index is 12.8. The summed E-state index contributed by atoms with van der Waals surface area (Å²) in [4.78, 5) is 26.1. The number of thioether (sulfide) groups is 1. The molecule has 0 aromatic carbocycles. The Morgan fingerprint density at radius 3 is 2.55 bits per heavy atom. The van der Waals surface area contributed by atoms with Gasteiger partial charge in [-0.3, -0.25) is 4.79 Å². The van der Waals surface area contributed by atoms with Crippen LogP contribution in [0.1, 0.15) is 52.9 Å². The second kappa shape index (κ2) is 17.0. The Morgan fingerprint density at radius 2 is 2.03 bits per heavy atom. The molecule has 6 nitrogen and oxygen atoms in total. The highest BCUT2D eigenvalue weighted by atomic mass is 32.2. The number of hydrogen-bond donors (Lipinski definition) is 4. The van der Waals surface area contributed by atoms with Gasteiger partial charge >= 0.3 is 5.97 Å². The van der Waals surface area contributed by atoms with Crippen LogP contribution < -0.4 is 11.1 Å². The number of nitrogens with two attached hydrogens (primary N) is 1. The maximum absolute atomic E-state index is 12.8. The van der Waals surface area contributed by atoms with Crippen LogP contribution in [-0.4, -0.2) is 70.9 Å². The van der Waals surface area contributed by atoms with Gasteiger partial charge in [-0.05, 0) is 30.8 Å². The van der Waals surface area contributed by atoms with Gasteiger partial charge in [0.2, 0.25) is 5.91 Å². The maximum Gasteiger partial charge on any atom is 0.326 e. The van der Waals surface area contributed by atoms with E-state index in [1.807, 2.05) is 25.3 Å². The van der Waals surface area contributed by atoms with Crippen molar-refractivity contribution in [3.8, 4) is 0 Å². The molecular formula is C21H41N3O3S2. The number of unbranched alkanes of at least 4 members (excludes halogenated alkanes) is 1. The molecule has 0 aromatic heterocycles. The van der Waals surface area contributed by atoms with E-state index in [2.05, 4.69) is 31.8 Å². The number of hydrogen-bond acceptors (Lipinski definition) is 6. The summed E-state index contributed by atoms with van der Waals surface area (Å²) < 4.78 is 0. The standard InChI is InChI=1S/C21H41N3O3S2/c1-5-7-12-24(19(21(26)27)11-13-29-4)20(25)10-8-9-18(16(3)6-2)23-14-17(22)15-28/h8-9,16-19,23,28H,5-7,10-15,22H2,1-4H3,(H,26,27)/b9-8+/t16-,17+,18+,19+/m0/s1. The number of thiol groups is 1. The van der Waals surface area contributed by atoms with Gasteiger partial charge in [-0.1, -0.05) is 45.8 Å². The second-order valence-electron chi connectivity index (χ2n) is 7.47. The van der Waals surface area contributed by atoms with Crippen molar-refractivity contribution in [2.45, 2.75) is 71.0 Å². The summed E-state index contributed by atoms with van der Waals surface area (Å²) in [6, 6.07) is -0.654. The van der Waals surface area contributed by atoms with Gasteiger partial charge in [0.25, 0.3) is 0 Å². The molecule has 0 aliphatic carbocycles. The fourth-order valence-corrected chi connectivity index (χ4v) is 3.51. The highest BCUT2D eigenvalue weighted by molar-refractivity contribution is 7.98. The quantitative estimate of drug-likeness (QED) is 0.202. The molecule has 0 aliphatic rings. The predicted molar refractivity (Wildman–Crippen MR) is 128 cm³/mol. The van der Waals surface area contributed by atoms with E-state index in [1.165, 1.54) is 0 Å². The molecule has 0 saturated heterocycles. The summed E-state index contributed by atoms with van der Waals surface area (Å²) in [5, 5.41) is 13.1. The third-order valence-electron chi connectivity index (χ3n) is 5.07. The van der Waals surface area contributed by atoms with Gasteiger partial charge in [0.05, 0.1) is 0 Å². The van der Waals surface area contributed by atoms with E-state index >= 15 is 0 Å². The highest BCUT2D eigenvalue weighted by Crippen LogP contribution is 2.14. The predicted octanol–water partition coefficient (Wildman–Crippen LogP) is 3.03. The van der Waals surface area contributed by atoms with Gasteiger partial charge in [0, 0.05) is 37.3 Å². The first-order valence-electron chi connectivity index (χ1n) is 10.6. The highest BCUT2D eigenvalue weighted by Gasteiger charge is 2.28. The van der Waals surface area contributed by atoms with Gasteiger partial charge in [-0.15, -0.1) is 0 Å². The van der Waals surface area contributed by atoms with Gasteiger partial charge in [0.1, 0.15) is 6.04 Å². The van der Waals surface area contributed by atoms with Gasteiger partial charge in [0.15, 0.2) is 0 Å². The minimum atomic E-state index is -0.924. The van der Waals surface area contributed by atoms with Crippen molar-refractivity contribution in [1.29, 1.82) is 0 Å². The lowest BCUT2D eigenvalue weighted by atomic mass is 9.98. The molecule has 0 saturated carbocycles. The largest absolute Gasteiger partial charge is 0.480 e. The number of carbonyl (C=O) groups is 2. The summed E-state index contributed by atoms with van der Waals surface area (Å²) in [7, 11) is 0. The van der Waals surface area contributed by atoms with Crippen molar-refractivity contribution in [3.05, 3.63) is 12.2 Å². The summed E-state index contributed by atoms with van der Waals surface area (Å²) in [5.74, 6) is 0.679. The van der Waals surface area contributed by atoms with E-state index in [4.69, 9.17) is 5.73 Å². The summed E-state index contributed by atoms with van der Waals surface area (Å²) >= 11 is 5.82. The average Bonchev–Trinajstić information content (AvgIpc) is 2.71. The molecule has 0 spiro atoms. The Bertz CT molecular complexity index is 492. The van der Waals surface area contributed by atoms with Crippen molar-refractivity contribution in [2.24, 2.45) is 11.7 Å². The molecule has 170 valence electrons. The zero-order valence-electron chi connectivity index (χ0n) is 18.5. The number of carbonyl (C=O) groups excluding carboxylic acids is 1. The van der Waals surface area contributed by atoms with E-state index < -0.39 is 12.0 Å². The molecule has 4 N–H and O–H groups in total. The molecule has 0 rings (SSSR count). The second-order valence-corrected chi connectivity index (χ2v) is 8.82. The molecule has 0 radical (unpaired) electrons. The number of rotatable bonds is 17. The number of carboxylic acids is 1. The fourth-order valence-electron chi connectivity index (χ4n) is 2.92. The molecule has 0 fully saturated rings. The van der Waals surface area contributed by atoms with Crippen molar-refractivity contribution in [1.82, 2.24) is 10.2 Å². The van der Waals surface area contributed by atoms with E-state index in [0.717, 1.165) is 19.3 Å². The first-order valence-corrected chi connectivity index (χ1v) is 12.6. The summed E-state index contributed by atoms with van der Waals surface area (Å²) in [6.07, 6.45) is 9.23. The van der Waals surface area contributed by atoms with E-state index in [9.17, 15) is 14.7 Å². The SMILES string of the molecule is CCCCN(C(=O)C/C=C/[C@@H](NC[C@@H](N)CS)[C@@H](C)CC)[C@H](CCSC)C(=O)O. The number of nitrogens with zero attached hydrogens (tertiary/aromatic N) is 1. The molecule has 0 heterocycles. The zero-order valence-corrected chi connectivity index (χ0v) is 20.2. The zero-order chi connectivity index (χ0) is 22.2. The Hall–Kier alpha value is -0.700. The molecule has 1 amide bonds. The van der Waals surface area contributed by atoms with Crippen LogP contribution in [0.5, 0.6) is 0 Å². The third kappa shape index (κ3) is 11.9.